The van der Waals surface area contributed by atoms with E-state index in [-0.39, 0.29) is 24.2 Å². The summed E-state index contributed by atoms with van der Waals surface area (Å²) in [6.45, 7) is 6.16. The number of aromatic hydroxyl groups is 1. The zero-order valence-electron chi connectivity index (χ0n) is 27.2. The number of rotatable bonds is 6. The molecule has 6 atom stereocenters. The Hall–Kier alpha value is -3.45. The molecular formula is C34H42N4O7S. The average molecular weight is 651 g/mol. The first-order valence-corrected chi connectivity index (χ1v) is 16.5. The molecule has 1 aliphatic heterocycles. The van der Waals surface area contributed by atoms with Crippen molar-refractivity contribution >= 4 is 46.1 Å². The molecule has 1 saturated heterocycles. The Balaban J connectivity index is 1.50. The highest BCUT2D eigenvalue weighted by Crippen LogP contribution is 2.62. The summed E-state index contributed by atoms with van der Waals surface area (Å²) < 4.78 is 0. The number of nitrogens with two attached hydrogens (primary N) is 1. The second-order valence-corrected chi connectivity index (χ2v) is 15.7. The van der Waals surface area contributed by atoms with Gasteiger partial charge in [0.05, 0.1) is 17.5 Å². The van der Waals surface area contributed by atoms with Crippen molar-refractivity contribution in [1.29, 1.82) is 0 Å². The number of thiophene rings is 1. The van der Waals surface area contributed by atoms with E-state index in [0.717, 1.165) is 29.4 Å². The van der Waals surface area contributed by atoms with Crippen molar-refractivity contribution in [3.63, 3.8) is 0 Å². The number of anilines is 1. The molecule has 3 fully saturated rings. The van der Waals surface area contributed by atoms with E-state index < -0.39 is 63.3 Å². The number of likely N-dealkylation sites (N-methyl/N-ethyl adjacent to an activating group) is 1. The lowest BCUT2D eigenvalue weighted by Crippen LogP contribution is -2.79. The molecule has 2 aromatic rings. The fraction of sp³-hybridized carbons (Fsp3) is 0.559. The number of nitrogens with zero attached hydrogens (tertiary/aromatic N) is 3. The lowest BCUT2D eigenvalue weighted by Gasteiger charge is -2.61. The number of aliphatic hydroxyl groups is 1. The van der Waals surface area contributed by atoms with Crippen LogP contribution in [0.15, 0.2) is 18.2 Å². The summed E-state index contributed by atoms with van der Waals surface area (Å²) in [6.07, 6.45) is 2.46. The Labute approximate surface area is 272 Å². The molecule has 46 heavy (non-hydrogen) atoms. The summed E-state index contributed by atoms with van der Waals surface area (Å²) >= 11 is 1.54. The number of likely N-dealkylation sites (tertiary alicyclic amines) is 1. The van der Waals surface area contributed by atoms with Gasteiger partial charge in [0.2, 0.25) is 5.91 Å². The summed E-state index contributed by atoms with van der Waals surface area (Å²) in [5.41, 5.74) is 1.59. The number of hydrogen-bond acceptors (Lipinski definition) is 11. The van der Waals surface area contributed by atoms with Gasteiger partial charge in [0, 0.05) is 47.1 Å². The second-order valence-electron chi connectivity index (χ2n) is 14.6. The predicted molar refractivity (Wildman–Crippen MR) is 173 cm³/mol. The maximum atomic E-state index is 14.6. The molecule has 3 aliphatic carbocycles. The average Bonchev–Trinajstić information content (AvgIpc) is 3.63. The molecule has 246 valence electrons. The number of phenols is 1. The maximum absolute atomic E-state index is 14.6. The van der Waals surface area contributed by atoms with Crippen LogP contribution in [0.5, 0.6) is 5.75 Å². The molecule has 1 aromatic carbocycles. The number of primary amides is 1. The van der Waals surface area contributed by atoms with Crippen molar-refractivity contribution < 1.29 is 34.2 Å². The van der Waals surface area contributed by atoms with Crippen LogP contribution in [0.25, 0.3) is 10.4 Å². The lowest BCUT2D eigenvalue weighted by molar-refractivity contribution is -0.203. The topological polar surface area (TPSA) is 162 Å². The molecule has 12 heteroatoms. The number of fused-ring (bicyclic) bond motifs is 3. The molecule has 2 heterocycles. The van der Waals surface area contributed by atoms with Crippen LogP contribution in [0.2, 0.25) is 0 Å². The minimum absolute atomic E-state index is 0.00586. The van der Waals surface area contributed by atoms with E-state index in [1.54, 1.807) is 21.0 Å². The van der Waals surface area contributed by atoms with Gasteiger partial charge in [-0.25, -0.2) is 0 Å². The Morgan fingerprint density at radius 2 is 1.72 bits per heavy atom. The van der Waals surface area contributed by atoms with Gasteiger partial charge in [-0.2, -0.15) is 0 Å². The fourth-order valence-corrected chi connectivity index (χ4v) is 10.2. The van der Waals surface area contributed by atoms with E-state index in [1.807, 2.05) is 37.2 Å². The number of carbonyl (C=O) groups is 5. The molecule has 11 nitrogen and oxygen atoms in total. The number of ketones is 4. The molecule has 4 N–H and O–H groups in total. The Bertz CT molecular complexity index is 1690. The van der Waals surface area contributed by atoms with Crippen molar-refractivity contribution in [2.24, 2.45) is 28.4 Å². The lowest BCUT2D eigenvalue weighted by atomic mass is 9.42. The highest BCUT2D eigenvalue weighted by atomic mass is 32.1. The minimum atomic E-state index is -2.83. The molecule has 2 saturated carbocycles. The molecule has 0 spiro atoms. The van der Waals surface area contributed by atoms with E-state index in [9.17, 15) is 34.2 Å². The van der Waals surface area contributed by atoms with E-state index >= 15 is 0 Å². The smallest absolute Gasteiger partial charge is 0.235 e. The molecule has 4 aliphatic rings. The number of phenolic OH excluding ortho intramolecular Hbond substituents is 1. The van der Waals surface area contributed by atoms with Crippen molar-refractivity contribution in [3.05, 3.63) is 34.2 Å². The first kappa shape index (κ1) is 32.5. The second kappa shape index (κ2) is 10.8. The monoisotopic (exact) mass is 650 g/mol. The Kier molecular flexibility index (Phi) is 7.63. The predicted octanol–water partition coefficient (Wildman–Crippen LogP) is 2.04. The molecule has 2 unspecified atom stereocenters. The molecular weight excluding hydrogens is 608 g/mol. The summed E-state index contributed by atoms with van der Waals surface area (Å²) in [5, 5.41) is 24.0. The zero-order valence-corrected chi connectivity index (χ0v) is 28.0. The molecule has 0 bridgehead atoms. The van der Waals surface area contributed by atoms with E-state index in [0.29, 0.717) is 16.8 Å². The van der Waals surface area contributed by atoms with Gasteiger partial charge in [-0.05, 0) is 82.0 Å². The number of benzene rings is 1. The molecule has 1 aromatic heterocycles. The van der Waals surface area contributed by atoms with Gasteiger partial charge in [-0.1, -0.05) is 13.8 Å². The van der Waals surface area contributed by atoms with Crippen molar-refractivity contribution in [3.8, 4) is 16.2 Å². The van der Waals surface area contributed by atoms with Crippen LogP contribution >= 0.6 is 11.3 Å². The summed E-state index contributed by atoms with van der Waals surface area (Å²) in [6, 6.07) is 4.62. The Morgan fingerprint density at radius 3 is 2.30 bits per heavy atom. The SMILES string of the molecule is CN(C)c1cc(-c2ccc(CN3CCCC3)s2)c(O)c2c1C[C@@]1(C)C[C@@]3(C)[C@H](N(C)C)C(=O)C(C(N)=O)C(=O)[C@@]3(O)C(=O)C1C2=O. The third-order valence-corrected chi connectivity index (χ3v) is 12.1. The van der Waals surface area contributed by atoms with E-state index in [2.05, 4.69) is 4.90 Å². The van der Waals surface area contributed by atoms with Gasteiger partial charge in [-0.15, -0.1) is 11.3 Å². The normalized spacial score (nSPS) is 32.8. The van der Waals surface area contributed by atoms with Crippen LogP contribution in [-0.4, -0.2) is 102 Å². The fourth-order valence-electron chi connectivity index (χ4n) is 9.12. The van der Waals surface area contributed by atoms with Gasteiger partial charge in [-0.3, -0.25) is 33.8 Å². The van der Waals surface area contributed by atoms with Crippen LogP contribution in [0.3, 0.4) is 0 Å². The molecule has 6 rings (SSSR count). The first-order chi connectivity index (χ1) is 21.5. The summed E-state index contributed by atoms with van der Waals surface area (Å²) in [7, 11) is 6.85. The number of carbonyl (C=O) groups excluding carboxylic acids is 5. The van der Waals surface area contributed by atoms with Gasteiger partial charge in [0.15, 0.2) is 34.7 Å². The van der Waals surface area contributed by atoms with Crippen molar-refractivity contribution in [2.75, 3.05) is 46.2 Å². The highest BCUT2D eigenvalue weighted by Gasteiger charge is 2.76. The molecule has 1 amide bonds. The van der Waals surface area contributed by atoms with Gasteiger partial charge in [0.25, 0.3) is 0 Å². The molecule has 0 radical (unpaired) electrons. The van der Waals surface area contributed by atoms with Crippen LogP contribution in [-0.2, 0) is 32.1 Å². The summed E-state index contributed by atoms with van der Waals surface area (Å²) in [5.74, 6) is -8.85. The van der Waals surface area contributed by atoms with Crippen molar-refractivity contribution in [2.45, 2.75) is 57.7 Å². The van der Waals surface area contributed by atoms with Gasteiger partial charge >= 0.3 is 0 Å². The van der Waals surface area contributed by atoms with Crippen LogP contribution < -0.4 is 10.6 Å². The van der Waals surface area contributed by atoms with E-state index in [1.165, 1.54) is 36.0 Å². The van der Waals surface area contributed by atoms with E-state index in [4.69, 9.17) is 5.73 Å². The van der Waals surface area contributed by atoms with Gasteiger partial charge < -0.3 is 20.8 Å². The van der Waals surface area contributed by atoms with Crippen molar-refractivity contribution in [1.82, 2.24) is 9.80 Å². The third kappa shape index (κ3) is 4.36. The zero-order chi connectivity index (χ0) is 33.7. The quantitative estimate of drug-likeness (QED) is 0.395. The Morgan fingerprint density at radius 1 is 1.07 bits per heavy atom. The minimum Gasteiger partial charge on any atom is -0.506 e. The maximum Gasteiger partial charge on any atom is 0.235 e. The van der Waals surface area contributed by atoms with Gasteiger partial charge in [0.1, 0.15) is 5.75 Å². The summed E-state index contributed by atoms with van der Waals surface area (Å²) in [4.78, 5) is 76.7. The van der Waals surface area contributed by atoms with Crippen LogP contribution in [0.1, 0.15) is 53.9 Å². The standard InChI is InChI=1S/C34H42N4O7S/c1-32-14-19-20(36(3)4)13-18(21-10-9-17(46-21)15-38-11-7-8-12-38)25(39)22(19)26(40)24(32)30(43)34(45)29(42)23(31(35)44)27(41)28(37(5)6)33(34,2)16-32/h9-10,13,23-24,28,39,45H,7-8,11-12,14-16H2,1-6H3,(H2,35,44)/t23?,24?,28-,32+,33+,34-/m1/s1. The highest BCUT2D eigenvalue weighted by molar-refractivity contribution is 7.15. The third-order valence-electron chi connectivity index (χ3n) is 11.0. The van der Waals surface area contributed by atoms with Crippen LogP contribution in [0.4, 0.5) is 5.69 Å². The van der Waals surface area contributed by atoms with Crippen LogP contribution in [0, 0.1) is 22.7 Å². The number of amides is 1. The number of hydrogen-bond donors (Lipinski definition) is 3. The first-order valence-electron chi connectivity index (χ1n) is 15.7. The largest absolute Gasteiger partial charge is 0.506 e. The number of Topliss-reactive ketones (excluding diaryl/α,β-unsaturated/α-hetero) is 4.